The summed E-state index contributed by atoms with van der Waals surface area (Å²) in [6.07, 6.45) is 5.99. The first-order chi connectivity index (χ1) is 35.7. The zero-order valence-electron chi connectivity index (χ0n) is 46.4. The van der Waals surface area contributed by atoms with Crippen LogP contribution >= 0.6 is 0 Å². The van der Waals surface area contributed by atoms with Gasteiger partial charge in [-0.1, -0.05) is 0 Å². The fraction of sp³-hybridized carbons (Fsp3) is 0.500. The summed E-state index contributed by atoms with van der Waals surface area (Å²) < 4.78 is 81.9. The third-order valence-electron chi connectivity index (χ3n) is 14.6. The average Bonchev–Trinajstić information content (AvgIpc) is 3.42. The minimum absolute atomic E-state index is 0. The molecule has 0 N–H and O–H groups in total. The van der Waals surface area contributed by atoms with Gasteiger partial charge < -0.3 is 100 Å². The van der Waals surface area contributed by atoms with Crippen LogP contribution in [0.25, 0.3) is 0 Å². The van der Waals surface area contributed by atoms with Crippen LogP contribution in [0.5, 0.6) is 69.0 Å². The number of carbonyl (C=O) groups is 2. The van der Waals surface area contributed by atoms with E-state index in [0.717, 1.165) is 71.5 Å². The van der Waals surface area contributed by atoms with Gasteiger partial charge in [0.25, 0.3) is 0 Å². The molecule has 4 atom stereocenters. The molecular formula is C56H76Cl2N2O16. The number of hydrogen-bond donors (Lipinski definition) is 0. The topological polar surface area (TPSA) is 163 Å². The van der Waals surface area contributed by atoms with Crippen LogP contribution in [-0.4, -0.2) is 160 Å². The highest BCUT2D eigenvalue weighted by Crippen LogP contribution is 2.53. The van der Waals surface area contributed by atoms with Gasteiger partial charge in [0.1, 0.15) is 12.1 Å². The number of fused-ring (bicyclic) bond motifs is 2. The molecule has 2 aliphatic rings. The van der Waals surface area contributed by atoms with E-state index in [2.05, 4.69) is 14.1 Å². The third kappa shape index (κ3) is 13.2. The number of esters is 2. The van der Waals surface area contributed by atoms with Crippen LogP contribution in [0.1, 0.15) is 58.3 Å². The average molecular weight is 1100 g/mol. The maximum atomic E-state index is 13.0. The molecule has 6 rings (SSSR count). The summed E-state index contributed by atoms with van der Waals surface area (Å²) in [5.41, 5.74) is 6.17. The highest BCUT2D eigenvalue weighted by atomic mass is 35.5. The van der Waals surface area contributed by atoms with Gasteiger partial charge in [0, 0.05) is 50.7 Å². The van der Waals surface area contributed by atoms with Crippen molar-refractivity contribution in [2.24, 2.45) is 0 Å². The Bertz CT molecular complexity index is 2420. The lowest BCUT2D eigenvalue weighted by Crippen LogP contribution is -3.00. The van der Waals surface area contributed by atoms with Crippen molar-refractivity contribution in [1.29, 1.82) is 0 Å². The zero-order chi connectivity index (χ0) is 53.7. The van der Waals surface area contributed by atoms with E-state index in [4.69, 9.17) is 66.3 Å². The number of methoxy groups -OCH3 is 12. The molecule has 76 heavy (non-hydrogen) atoms. The smallest absolute Gasteiger partial charge is 0.331 e. The van der Waals surface area contributed by atoms with Gasteiger partial charge in [-0.05, 0) is 58.7 Å². The third-order valence-corrected chi connectivity index (χ3v) is 14.6. The van der Waals surface area contributed by atoms with E-state index in [1.165, 1.54) is 0 Å². The summed E-state index contributed by atoms with van der Waals surface area (Å²) in [7, 11) is 23.7. The highest BCUT2D eigenvalue weighted by Gasteiger charge is 2.45. The van der Waals surface area contributed by atoms with Crippen LogP contribution in [-0.2, 0) is 44.7 Å². The Kier molecular flexibility index (Phi) is 23.0. The number of benzene rings is 4. The largest absolute Gasteiger partial charge is 1.00 e. The molecule has 2 heterocycles. The molecule has 0 saturated carbocycles. The monoisotopic (exact) mass is 1100 g/mol. The Hall–Kier alpha value is -6.34. The fourth-order valence-corrected chi connectivity index (χ4v) is 10.9. The molecule has 0 radical (unpaired) electrons. The van der Waals surface area contributed by atoms with Crippen molar-refractivity contribution < 1.29 is 110 Å². The van der Waals surface area contributed by atoms with Crippen molar-refractivity contribution in [3.63, 3.8) is 0 Å². The van der Waals surface area contributed by atoms with Gasteiger partial charge in [-0.15, -0.1) is 0 Å². The summed E-state index contributed by atoms with van der Waals surface area (Å²) in [4.78, 5) is 26.0. The number of hydrogen-bond acceptors (Lipinski definition) is 16. The number of rotatable bonds is 26. The summed E-state index contributed by atoms with van der Waals surface area (Å²) in [6.45, 7) is 3.17. The normalized spacial score (nSPS) is 18.3. The van der Waals surface area contributed by atoms with Gasteiger partial charge in [-0.2, -0.15) is 0 Å². The molecular weight excluding hydrogens is 1030 g/mol. The van der Waals surface area contributed by atoms with Gasteiger partial charge in [0.15, 0.2) is 46.0 Å². The quantitative estimate of drug-likeness (QED) is 0.0385. The lowest BCUT2D eigenvalue weighted by molar-refractivity contribution is -0.941. The minimum Gasteiger partial charge on any atom is -1.00 e. The van der Waals surface area contributed by atoms with Crippen molar-refractivity contribution in [3.05, 3.63) is 81.9 Å². The van der Waals surface area contributed by atoms with E-state index in [9.17, 15) is 9.59 Å². The molecule has 0 amide bonds. The van der Waals surface area contributed by atoms with Gasteiger partial charge >= 0.3 is 11.9 Å². The minimum atomic E-state index is -0.637. The van der Waals surface area contributed by atoms with Crippen LogP contribution in [0.4, 0.5) is 0 Å². The molecule has 4 aromatic carbocycles. The highest BCUT2D eigenvalue weighted by molar-refractivity contribution is 5.91. The second-order valence-electron chi connectivity index (χ2n) is 18.7. The molecule has 0 spiro atoms. The van der Waals surface area contributed by atoms with Crippen molar-refractivity contribution in [1.82, 2.24) is 0 Å². The zero-order valence-corrected chi connectivity index (χ0v) is 48.0. The van der Waals surface area contributed by atoms with E-state index >= 15 is 0 Å². The van der Waals surface area contributed by atoms with E-state index in [1.54, 1.807) is 85.3 Å². The van der Waals surface area contributed by atoms with Crippen molar-refractivity contribution in [3.8, 4) is 69.0 Å². The first kappa shape index (κ1) is 62.2. The summed E-state index contributed by atoms with van der Waals surface area (Å²) in [5.74, 6) is 5.40. The predicted octanol–water partition coefficient (Wildman–Crippen LogP) is 1.49. The maximum Gasteiger partial charge on any atom is 0.331 e. The molecule has 1 unspecified atom stereocenters. The van der Waals surface area contributed by atoms with Crippen LogP contribution in [0, 0.1) is 0 Å². The van der Waals surface area contributed by atoms with Crippen LogP contribution < -0.4 is 81.7 Å². The van der Waals surface area contributed by atoms with Crippen molar-refractivity contribution in [2.75, 3.05) is 139 Å². The number of carbonyl (C=O) groups excluding carboxylic acids is 2. The second-order valence-corrected chi connectivity index (χ2v) is 18.7. The second kappa shape index (κ2) is 28.2. The van der Waals surface area contributed by atoms with E-state index in [0.29, 0.717) is 117 Å². The number of quaternary nitrogens is 2. The van der Waals surface area contributed by atoms with Crippen LogP contribution in [0.2, 0.25) is 0 Å². The maximum absolute atomic E-state index is 13.0. The summed E-state index contributed by atoms with van der Waals surface area (Å²) in [5, 5.41) is 0. The Morgan fingerprint density at radius 1 is 0.434 bits per heavy atom. The lowest BCUT2D eigenvalue weighted by atomic mass is 9.85. The van der Waals surface area contributed by atoms with Crippen molar-refractivity contribution in [2.45, 2.75) is 50.6 Å². The molecule has 0 saturated heterocycles. The van der Waals surface area contributed by atoms with Crippen LogP contribution in [0.3, 0.4) is 0 Å². The molecule has 18 nitrogen and oxygen atoms in total. The molecule has 420 valence electrons. The Labute approximate surface area is 460 Å². The van der Waals surface area contributed by atoms with Gasteiger partial charge in [0.2, 0.25) is 23.0 Å². The molecule has 0 bridgehead atoms. The Morgan fingerprint density at radius 2 is 0.724 bits per heavy atom. The summed E-state index contributed by atoms with van der Waals surface area (Å²) in [6, 6.07) is 11.7. The molecule has 2 aliphatic heterocycles. The van der Waals surface area contributed by atoms with Gasteiger partial charge in [-0.3, -0.25) is 0 Å². The fourth-order valence-electron chi connectivity index (χ4n) is 10.9. The van der Waals surface area contributed by atoms with E-state index in [-0.39, 0.29) is 50.1 Å². The number of nitrogens with zero attached hydrogens (tertiary/aromatic N) is 2. The molecule has 0 aromatic heterocycles. The van der Waals surface area contributed by atoms with Gasteiger partial charge in [0.05, 0.1) is 150 Å². The Balaban J connectivity index is 0.00000624. The number of ether oxygens (including phenoxy) is 14. The molecule has 4 aromatic rings. The Morgan fingerprint density at radius 3 is 1.00 bits per heavy atom. The molecule has 20 heteroatoms. The van der Waals surface area contributed by atoms with Crippen molar-refractivity contribution >= 4 is 11.9 Å². The summed E-state index contributed by atoms with van der Waals surface area (Å²) >= 11 is 0. The van der Waals surface area contributed by atoms with Crippen LogP contribution in [0.15, 0.2) is 48.6 Å². The lowest BCUT2D eigenvalue weighted by Gasteiger charge is -2.46. The standard InChI is InChI=1S/C56H76N2O16.2ClH/c1-57(23-19-37-33-45(65-7)53(69-11)55(71-13)49(37)39(57)27-35-29-41(61-3)51(67-9)42(30-35)62-4)21-15-25-73-47(59)17-18-48(60)74-26-16-22-58(2)24-20-38-34-46(66-8)54(70-12)56(72-14)50(38)40(58)28-36-31-43(63-5)52(68-10)44(32-36)64-6;;/h17-18,29-34,39-40H,15-16,19-28H2,1-14H3;2*1H/q+2;;/p-2/b18-17+;;/t39-,40-,57-,58?;;/m1../s1. The first-order valence-electron chi connectivity index (χ1n) is 24.6. The van der Waals surface area contributed by atoms with E-state index < -0.39 is 11.9 Å². The SMILES string of the molecule is COc1cc(C[C@@H]2c3c(cc(OC)c(OC)c3OC)CC[N+]2(C)CCCOC(=O)/C=C/C(=O)OCCC[N@+]2(C)CCc3cc(OC)c(OC)c(OC)c3[C@H]2Cc2cc(OC)c(OC)c(OC)c2)cc(OC)c1OC.[Cl-].[Cl-]. The first-order valence-corrected chi connectivity index (χ1v) is 24.6. The predicted molar refractivity (Wildman–Crippen MR) is 277 cm³/mol. The van der Waals surface area contributed by atoms with Gasteiger partial charge in [-0.25, -0.2) is 9.59 Å². The molecule has 0 fully saturated rings. The number of halogens is 2. The number of likely N-dealkylation sites (N-methyl/N-ethyl adjacent to an activating group) is 2. The van der Waals surface area contributed by atoms with E-state index in [1.807, 2.05) is 36.4 Å². The molecule has 0 aliphatic carbocycles.